The lowest BCUT2D eigenvalue weighted by Gasteiger charge is -2.20. The van der Waals surface area contributed by atoms with Crippen molar-refractivity contribution in [2.75, 3.05) is 0 Å². The number of ketones is 2. The van der Waals surface area contributed by atoms with Crippen LogP contribution in [0.15, 0.2) is 12.2 Å². The molecular weight excluding hydrogens is 335 g/mol. The number of unbranched alkanes of at least 4 members (excludes halogenated alkanes) is 2. The van der Waals surface area contributed by atoms with Crippen LogP contribution in [0.4, 0.5) is 4.39 Å². The Labute approximate surface area is 156 Å². The minimum absolute atomic E-state index is 0.0201. The van der Waals surface area contributed by atoms with E-state index in [2.05, 4.69) is 0 Å². The van der Waals surface area contributed by atoms with Gasteiger partial charge in [-0.05, 0) is 45.4 Å². The molecule has 1 rings (SSSR count). The van der Waals surface area contributed by atoms with E-state index in [0.29, 0.717) is 32.1 Å². The van der Waals surface area contributed by atoms with Crippen molar-refractivity contribution in [3.05, 3.63) is 12.2 Å². The minimum Gasteiger partial charge on any atom is -0.481 e. The monoisotopic (exact) mass is 368 g/mol. The molecule has 0 aliphatic heterocycles. The Morgan fingerprint density at radius 1 is 1.23 bits per heavy atom. The van der Waals surface area contributed by atoms with E-state index in [1.807, 2.05) is 19.1 Å². The fraction of sp³-hybridized carbons (Fsp3) is 0.762. The zero-order valence-electron chi connectivity index (χ0n) is 16.1. The van der Waals surface area contributed by atoms with Gasteiger partial charge in [0.1, 0.15) is 17.2 Å². The molecule has 5 heteroatoms. The van der Waals surface area contributed by atoms with Crippen LogP contribution in [0.25, 0.3) is 0 Å². The van der Waals surface area contributed by atoms with Crippen LogP contribution in [0, 0.1) is 11.8 Å². The van der Waals surface area contributed by atoms with Gasteiger partial charge < -0.3 is 5.11 Å². The molecule has 1 N–H and O–H groups in total. The highest BCUT2D eigenvalue weighted by Gasteiger charge is 2.36. The number of aliphatic carboxylic acids is 1. The van der Waals surface area contributed by atoms with Crippen molar-refractivity contribution in [2.24, 2.45) is 11.8 Å². The third kappa shape index (κ3) is 8.72. The van der Waals surface area contributed by atoms with Crippen LogP contribution in [-0.4, -0.2) is 28.3 Å². The molecule has 0 amide bonds. The fourth-order valence-corrected chi connectivity index (χ4v) is 3.45. The number of hydrogen-bond acceptors (Lipinski definition) is 3. The molecule has 0 radical (unpaired) electrons. The molecule has 0 saturated heterocycles. The van der Waals surface area contributed by atoms with E-state index in [-0.39, 0.29) is 49.1 Å². The summed E-state index contributed by atoms with van der Waals surface area (Å²) in [7, 11) is 0. The summed E-state index contributed by atoms with van der Waals surface area (Å²) >= 11 is 0. The van der Waals surface area contributed by atoms with Crippen LogP contribution >= 0.6 is 0 Å². The topological polar surface area (TPSA) is 71.4 Å². The molecule has 3 atom stereocenters. The summed E-state index contributed by atoms with van der Waals surface area (Å²) in [5, 5.41) is 8.57. The van der Waals surface area contributed by atoms with Gasteiger partial charge in [-0.1, -0.05) is 31.9 Å². The second-order valence-corrected chi connectivity index (χ2v) is 7.78. The van der Waals surface area contributed by atoms with Crippen molar-refractivity contribution < 1.29 is 23.9 Å². The first-order valence-corrected chi connectivity index (χ1v) is 9.86. The van der Waals surface area contributed by atoms with Gasteiger partial charge in [0.25, 0.3) is 0 Å². The molecule has 148 valence electrons. The third-order valence-electron chi connectivity index (χ3n) is 5.22. The first-order chi connectivity index (χ1) is 12.2. The van der Waals surface area contributed by atoms with Gasteiger partial charge in [-0.15, -0.1) is 0 Å². The van der Waals surface area contributed by atoms with Crippen LogP contribution in [0.2, 0.25) is 0 Å². The largest absolute Gasteiger partial charge is 0.481 e. The summed E-state index contributed by atoms with van der Waals surface area (Å²) in [5.41, 5.74) is -1.30. The lowest BCUT2D eigenvalue weighted by molar-refractivity contribution is -0.137. The van der Waals surface area contributed by atoms with Gasteiger partial charge in [0.2, 0.25) is 0 Å². The molecule has 4 nitrogen and oxygen atoms in total. The van der Waals surface area contributed by atoms with Gasteiger partial charge in [0.15, 0.2) is 0 Å². The molecule has 0 spiro atoms. The van der Waals surface area contributed by atoms with Crippen LogP contribution in [0.3, 0.4) is 0 Å². The predicted molar refractivity (Wildman–Crippen MR) is 99.7 cm³/mol. The number of rotatable bonds is 13. The number of alkyl halides is 1. The van der Waals surface area contributed by atoms with E-state index in [9.17, 15) is 18.8 Å². The minimum atomic E-state index is -1.30. The van der Waals surface area contributed by atoms with E-state index >= 15 is 0 Å². The summed E-state index contributed by atoms with van der Waals surface area (Å²) in [6.45, 7) is 3.58. The van der Waals surface area contributed by atoms with Gasteiger partial charge in [-0.3, -0.25) is 14.4 Å². The van der Waals surface area contributed by atoms with Crippen molar-refractivity contribution in [1.29, 1.82) is 0 Å². The smallest absolute Gasteiger partial charge is 0.303 e. The number of carbonyl (C=O) groups excluding carboxylic acids is 2. The number of hydrogen-bond donors (Lipinski definition) is 1. The highest BCUT2D eigenvalue weighted by atomic mass is 19.1. The maximum Gasteiger partial charge on any atom is 0.303 e. The van der Waals surface area contributed by atoms with Crippen molar-refractivity contribution in [2.45, 2.75) is 90.1 Å². The van der Waals surface area contributed by atoms with E-state index in [1.165, 1.54) is 0 Å². The molecule has 0 aromatic carbocycles. The van der Waals surface area contributed by atoms with E-state index in [4.69, 9.17) is 5.11 Å². The van der Waals surface area contributed by atoms with Crippen LogP contribution in [0.1, 0.15) is 84.5 Å². The Bertz CT molecular complexity index is 510. The van der Waals surface area contributed by atoms with Gasteiger partial charge in [-0.2, -0.15) is 0 Å². The lowest BCUT2D eigenvalue weighted by atomic mass is 9.90. The van der Waals surface area contributed by atoms with Crippen molar-refractivity contribution in [3.63, 3.8) is 0 Å². The SMILES string of the molecule is CCCCC(C)(F)CCC(=O)[C@H]1CC(=O)[C@@H](CC=CCCCC(=O)O)C1. The quantitative estimate of drug-likeness (QED) is 0.365. The second-order valence-electron chi connectivity index (χ2n) is 7.78. The van der Waals surface area contributed by atoms with Crippen molar-refractivity contribution in [1.82, 2.24) is 0 Å². The third-order valence-corrected chi connectivity index (χ3v) is 5.22. The Morgan fingerprint density at radius 3 is 2.62 bits per heavy atom. The molecule has 0 heterocycles. The first kappa shape index (κ1) is 22.5. The molecular formula is C21H33FO4. The Balaban J connectivity index is 2.33. The molecule has 1 unspecified atom stereocenters. The van der Waals surface area contributed by atoms with Crippen molar-refractivity contribution in [3.8, 4) is 0 Å². The molecule has 1 aliphatic carbocycles. The zero-order valence-corrected chi connectivity index (χ0v) is 16.1. The number of Topliss-reactive ketones (excluding diaryl/α,β-unsaturated/α-hetero) is 2. The summed E-state index contributed by atoms with van der Waals surface area (Å²) in [6, 6.07) is 0. The number of carboxylic acids is 1. The Morgan fingerprint density at radius 2 is 1.96 bits per heavy atom. The maximum absolute atomic E-state index is 14.3. The predicted octanol–water partition coefficient (Wildman–Crippen LogP) is 5.05. The van der Waals surface area contributed by atoms with E-state index < -0.39 is 11.6 Å². The number of halogens is 1. The lowest BCUT2D eigenvalue weighted by Crippen LogP contribution is -2.21. The average Bonchev–Trinajstić information content (AvgIpc) is 2.95. The Hall–Kier alpha value is -1.52. The van der Waals surface area contributed by atoms with Gasteiger partial charge in [0.05, 0.1) is 0 Å². The molecule has 1 saturated carbocycles. The summed E-state index contributed by atoms with van der Waals surface area (Å²) in [4.78, 5) is 34.9. The van der Waals surface area contributed by atoms with Gasteiger partial charge in [0, 0.05) is 31.1 Å². The summed E-state index contributed by atoms with van der Waals surface area (Å²) < 4.78 is 14.3. The summed E-state index contributed by atoms with van der Waals surface area (Å²) in [5.74, 6) is -1.05. The maximum atomic E-state index is 14.3. The summed E-state index contributed by atoms with van der Waals surface area (Å²) in [6.07, 6.45) is 9.40. The Kier molecular flexibility index (Phi) is 9.74. The molecule has 1 fully saturated rings. The van der Waals surface area contributed by atoms with Crippen molar-refractivity contribution >= 4 is 17.5 Å². The number of carboxylic acid groups (broad SMARTS) is 1. The molecule has 0 aromatic heterocycles. The van der Waals surface area contributed by atoms with E-state index in [1.54, 1.807) is 6.92 Å². The number of allylic oxidation sites excluding steroid dienone is 2. The van der Waals surface area contributed by atoms with Crippen LogP contribution in [0.5, 0.6) is 0 Å². The molecule has 0 bridgehead atoms. The molecule has 0 aromatic rings. The molecule has 1 aliphatic rings. The zero-order chi connectivity index (χ0) is 19.6. The fourth-order valence-electron chi connectivity index (χ4n) is 3.45. The molecule has 26 heavy (non-hydrogen) atoms. The standard InChI is InChI=1S/C21H33FO4/c1-3-4-12-21(2,22)13-11-18(23)17-14-16(19(24)15-17)9-7-5-6-8-10-20(25)26/h5,7,16-17H,3-4,6,8-15H2,1-2H3,(H,25,26)/t16-,17+,21?/m0/s1. The highest BCUT2D eigenvalue weighted by molar-refractivity contribution is 5.92. The van der Waals surface area contributed by atoms with Crippen LogP contribution in [-0.2, 0) is 14.4 Å². The van der Waals surface area contributed by atoms with E-state index in [0.717, 1.165) is 12.8 Å². The average molecular weight is 368 g/mol. The van der Waals surface area contributed by atoms with Gasteiger partial charge >= 0.3 is 5.97 Å². The highest BCUT2D eigenvalue weighted by Crippen LogP contribution is 2.33. The number of carbonyl (C=O) groups is 3. The second kappa shape index (κ2) is 11.2. The normalized spacial score (nSPS) is 22.7. The van der Waals surface area contributed by atoms with Gasteiger partial charge in [-0.25, -0.2) is 4.39 Å². The first-order valence-electron chi connectivity index (χ1n) is 9.86. The van der Waals surface area contributed by atoms with Crippen LogP contribution < -0.4 is 0 Å².